The van der Waals surface area contributed by atoms with E-state index in [1.54, 1.807) is 0 Å². The minimum absolute atomic E-state index is 0.196. The van der Waals surface area contributed by atoms with Crippen molar-refractivity contribution in [3.05, 3.63) is 24.3 Å². The van der Waals surface area contributed by atoms with E-state index in [9.17, 15) is 0 Å². The summed E-state index contributed by atoms with van der Waals surface area (Å²) in [5.41, 5.74) is 2.13. The van der Waals surface area contributed by atoms with Crippen LogP contribution in [0, 0.1) is 5.92 Å². The van der Waals surface area contributed by atoms with Crippen LogP contribution in [0.2, 0.25) is 0 Å². The van der Waals surface area contributed by atoms with Gasteiger partial charge in [0.1, 0.15) is 0 Å². The first-order valence-corrected chi connectivity index (χ1v) is 6.90. The fraction of sp³-hybridized carbons (Fsp3) is 0.750. The Hall–Kier alpha value is -0.600. The highest BCUT2D eigenvalue weighted by atomic mass is 16.5. The molecule has 0 fully saturated rings. The number of hydrogen-bond acceptors (Lipinski definition) is 2. The lowest BCUT2D eigenvalue weighted by atomic mass is 9.92. The maximum absolute atomic E-state index is 5.84. The van der Waals surface area contributed by atoms with E-state index in [0.717, 1.165) is 24.0 Å². The Morgan fingerprint density at radius 2 is 1.33 bits per heavy atom. The third kappa shape index (κ3) is 7.67. The van der Waals surface area contributed by atoms with Crippen molar-refractivity contribution in [1.29, 1.82) is 0 Å². The van der Waals surface area contributed by atoms with Gasteiger partial charge < -0.3 is 9.47 Å². The molecule has 0 aliphatic heterocycles. The summed E-state index contributed by atoms with van der Waals surface area (Å²) >= 11 is 0. The normalized spacial score (nSPS) is 16.1. The first-order chi connectivity index (χ1) is 8.38. The van der Waals surface area contributed by atoms with E-state index >= 15 is 0 Å². The van der Waals surface area contributed by atoms with Gasteiger partial charge in [0.2, 0.25) is 0 Å². The largest absolute Gasteiger partial charge is 0.374 e. The van der Waals surface area contributed by atoms with E-state index in [1.165, 1.54) is 0 Å². The van der Waals surface area contributed by atoms with Gasteiger partial charge in [0, 0.05) is 5.92 Å². The molecule has 0 saturated carbocycles. The number of ether oxygens (including phenoxy) is 2. The molecule has 106 valence electrons. The summed E-state index contributed by atoms with van der Waals surface area (Å²) in [5.74, 6) is 0.425. The zero-order chi connectivity index (χ0) is 14.1. The van der Waals surface area contributed by atoms with Crippen molar-refractivity contribution in [2.45, 2.75) is 59.7 Å². The molecule has 2 nitrogen and oxygen atoms in total. The van der Waals surface area contributed by atoms with Gasteiger partial charge in [0.25, 0.3) is 0 Å². The van der Waals surface area contributed by atoms with Gasteiger partial charge in [-0.3, -0.25) is 0 Å². The summed E-state index contributed by atoms with van der Waals surface area (Å²) in [6.45, 7) is 19.4. The van der Waals surface area contributed by atoms with Gasteiger partial charge in [-0.2, -0.15) is 0 Å². The second-order valence-corrected chi connectivity index (χ2v) is 5.40. The number of rotatable bonds is 10. The monoisotopic (exact) mass is 254 g/mol. The molecule has 0 aliphatic rings. The molecule has 0 aliphatic carbocycles. The van der Waals surface area contributed by atoms with Crippen molar-refractivity contribution >= 4 is 0 Å². The summed E-state index contributed by atoms with van der Waals surface area (Å²) in [6, 6.07) is 0. The minimum Gasteiger partial charge on any atom is -0.374 e. The van der Waals surface area contributed by atoms with E-state index in [2.05, 4.69) is 33.9 Å². The van der Waals surface area contributed by atoms with Crippen LogP contribution in [-0.2, 0) is 9.47 Å². The van der Waals surface area contributed by atoms with E-state index in [1.807, 2.05) is 13.8 Å². The van der Waals surface area contributed by atoms with Gasteiger partial charge >= 0.3 is 0 Å². The van der Waals surface area contributed by atoms with Crippen LogP contribution in [0.25, 0.3) is 0 Å². The third-order valence-electron chi connectivity index (χ3n) is 3.01. The van der Waals surface area contributed by atoms with Gasteiger partial charge in [-0.1, -0.05) is 37.6 Å². The van der Waals surface area contributed by atoms with Crippen molar-refractivity contribution in [2.24, 2.45) is 5.92 Å². The molecule has 0 aromatic heterocycles. The Balaban J connectivity index is 4.32. The van der Waals surface area contributed by atoms with Gasteiger partial charge in [-0.15, -0.1) is 0 Å². The molecular formula is C16H30O2. The van der Waals surface area contributed by atoms with Gasteiger partial charge in [-0.25, -0.2) is 0 Å². The van der Waals surface area contributed by atoms with Crippen molar-refractivity contribution in [1.82, 2.24) is 0 Å². The Morgan fingerprint density at radius 1 is 0.944 bits per heavy atom. The third-order valence-corrected chi connectivity index (χ3v) is 3.01. The average Bonchev–Trinajstić information content (AvgIpc) is 2.29. The van der Waals surface area contributed by atoms with E-state index < -0.39 is 0 Å². The Bertz CT molecular complexity index is 234. The molecule has 0 amide bonds. The Morgan fingerprint density at radius 3 is 1.61 bits per heavy atom. The van der Waals surface area contributed by atoms with E-state index in [4.69, 9.17) is 9.47 Å². The Kier molecular flexibility index (Phi) is 9.03. The first-order valence-electron chi connectivity index (χ1n) is 6.90. The molecule has 0 aromatic rings. The molecular weight excluding hydrogens is 224 g/mol. The summed E-state index contributed by atoms with van der Waals surface area (Å²) in [5, 5.41) is 0. The van der Waals surface area contributed by atoms with Crippen LogP contribution in [0.5, 0.6) is 0 Å². The molecule has 0 spiro atoms. The number of hydrogen-bond donors (Lipinski definition) is 0. The quantitative estimate of drug-likeness (QED) is 0.539. The van der Waals surface area contributed by atoms with Crippen LogP contribution in [0.4, 0.5) is 0 Å². The lowest BCUT2D eigenvalue weighted by molar-refractivity contribution is -0.0432. The SMILES string of the molecule is C=C(C)COC(C)C(CCC)C(C)OCC(=C)C. The second-order valence-electron chi connectivity index (χ2n) is 5.40. The van der Waals surface area contributed by atoms with Gasteiger partial charge in [0.05, 0.1) is 25.4 Å². The molecule has 0 heterocycles. The highest BCUT2D eigenvalue weighted by Crippen LogP contribution is 2.22. The summed E-state index contributed by atoms with van der Waals surface area (Å²) in [4.78, 5) is 0. The maximum atomic E-state index is 5.84. The fourth-order valence-corrected chi connectivity index (χ4v) is 1.98. The highest BCUT2D eigenvalue weighted by Gasteiger charge is 2.24. The predicted molar refractivity (Wildman–Crippen MR) is 78.9 cm³/mol. The fourth-order valence-electron chi connectivity index (χ4n) is 1.98. The smallest absolute Gasteiger partial charge is 0.0675 e. The molecule has 0 aromatic carbocycles. The molecule has 2 unspecified atom stereocenters. The van der Waals surface area contributed by atoms with Crippen LogP contribution in [0.15, 0.2) is 24.3 Å². The topological polar surface area (TPSA) is 18.5 Å². The molecule has 0 saturated heterocycles. The maximum Gasteiger partial charge on any atom is 0.0675 e. The van der Waals surface area contributed by atoms with Crippen LogP contribution < -0.4 is 0 Å². The molecule has 2 atom stereocenters. The van der Waals surface area contributed by atoms with Crippen LogP contribution >= 0.6 is 0 Å². The zero-order valence-electron chi connectivity index (χ0n) is 12.8. The summed E-state index contributed by atoms with van der Waals surface area (Å²) < 4.78 is 11.7. The zero-order valence-corrected chi connectivity index (χ0v) is 12.8. The standard InChI is InChI=1S/C16H30O2/c1-8-9-16(14(6)17-10-12(2)3)15(7)18-11-13(4)5/h14-16H,2,4,8-11H2,1,3,5-7H3. The predicted octanol–water partition coefficient (Wildman–Crippen LogP) is 4.37. The van der Waals surface area contributed by atoms with Gasteiger partial charge in [-0.05, 0) is 34.1 Å². The lowest BCUT2D eigenvalue weighted by Crippen LogP contribution is -2.32. The van der Waals surface area contributed by atoms with E-state index in [-0.39, 0.29) is 12.2 Å². The second kappa shape index (κ2) is 9.35. The molecule has 2 heteroatoms. The molecule has 0 N–H and O–H groups in total. The molecule has 18 heavy (non-hydrogen) atoms. The summed E-state index contributed by atoms with van der Waals surface area (Å²) in [7, 11) is 0. The first kappa shape index (κ1) is 17.4. The van der Waals surface area contributed by atoms with Gasteiger partial charge in [0.15, 0.2) is 0 Å². The Labute approximate surface area is 113 Å². The molecule has 0 radical (unpaired) electrons. The average molecular weight is 254 g/mol. The van der Waals surface area contributed by atoms with Crippen LogP contribution in [0.1, 0.15) is 47.5 Å². The lowest BCUT2D eigenvalue weighted by Gasteiger charge is -2.29. The summed E-state index contributed by atoms with van der Waals surface area (Å²) in [6.07, 6.45) is 2.66. The van der Waals surface area contributed by atoms with Crippen LogP contribution in [0.3, 0.4) is 0 Å². The van der Waals surface area contributed by atoms with E-state index in [0.29, 0.717) is 19.1 Å². The minimum atomic E-state index is 0.196. The van der Waals surface area contributed by atoms with Crippen molar-refractivity contribution < 1.29 is 9.47 Å². The van der Waals surface area contributed by atoms with Crippen molar-refractivity contribution in [2.75, 3.05) is 13.2 Å². The van der Waals surface area contributed by atoms with Crippen LogP contribution in [-0.4, -0.2) is 25.4 Å². The molecule has 0 rings (SSSR count). The molecule has 0 bridgehead atoms. The highest BCUT2D eigenvalue weighted by molar-refractivity contribution is 4.89. The van der Waals surface area contributed by atoms with Crippen molar-refractivity contribution in [3.8, 4) is 0 Å². The van der Waals surface area contributed by atoms with Crippen molar-refractivity contribution in [3.63, 3.8) is 0 Å².